The van der Waals surface area contributed by atoms with E-state index in [-0.39, 0.29) is 11.0 Å². The topological polar surface area (TPSA) is 75.9 Å². The van der Waals surface area contributed by atoms with Crippen molar-refractivity contribution in [3.63, 3.8) is 0 Å². The molecule has 1 unspecified atom stereocenters. The number of hydrogen-bond donors (Lipinski definition) is 1. The largest absolute Gasteiger partial charge is 0.366 e. The molecule has 1 fully saturated rings. The van der Waals surface area contributed by atoms with Crippen molar-refractivity contribution in [3.8, 4) is 0 Å². The number of likely N-dealkylation sites (tertiary alicyclic amines) is 1. The van der Waals surface area contributed by atoms with Crippen LogP contribution in [-0.4, -0.2) is 50.6 Å². The third kappa shape index (κ3) is 4.99. The highest BCUT2D eigenvalue weighted by molar-refractivity contribution is 5.92. The zero-order valence-electron chi connectivity index (χ0n) is 19.6. The van der Waals surface area contributed by atoms with Crippen molar-refractivity contribution in [1.29, 1.82) is 0 Å². The summed E-state index contributed by atoms with van der Waals surface area (Å²) in [5, 5.41) is 19.2. The van der Waals surface area contributed by atoms with Gasteiger partial charge in [-0.1, -0.05) is 51.5 Å². The second kappa shape index (κ2) is 9.36. The number of aryl methyl sites for hydroxylation is 1. The zero-order valence-corrected chi connectivity index (χ0v) is 19.6. The lowest BCUT2D eigenvalue weighted by molar-refractivity contribution is 0.147. The van der Waals surface area contributed by atoms with E-state index in [2.05, 4.69) is 58.4 Å². The van der Waals surface area contributed by atoms with E-state index >= 15 is 0 Å². The highest BCUT2D eigenvalue weighted by Gasteiger charge is 2.23. The molecule has 1 N–H and O–H groups in total. The molecule has 0 saturated carbocycles. The Bertz CT molecular complexity index is 1130. The van der Waals surface area contributed by atoms with Gasteiger partial charge in [-0.15, -0.1) is 5.10 Å². The smallest absolute Gasteiger partial charge is 0.266 e. The Kier molecular flexibility index (Phi) is 6.55. The maximum absolute atomic E-state index is 12.4. The average Bonchev–Trinajstić information content (AvgIpc) is 2.78. The Balaban J connectivity index is 1.44. The molecule has 0 radical (unpaired) electrons. The minimum atomic E-state index is -0.0785. The van der Waals surface area contributed by atoms with E-state index in [9.17, 15) is 4.79 Å². The van der Waals surface area contributed by atoms with Crippen LogP contribution in [0.15, 0.2) is 41.2 Å². The maximum atomic E-state index is 12.4. The van der Waals surface area contributed by atoms with Crippen molar-refractivity contribution in [2.75, 3.05) is 25.0 Å². The molecule has 1 aliphatic rings. The molecule has 1 atom stereocenters. The molecular formula is C25H34N6O. The van der Waals surface area contributed by atoms with Gasteiger partial charge >= 0.3 is 0 Å². The third-order valence-corrected chi connectivity index (χ3v) is 6.36. The Morgan fingerprint density at radius 1 is 1.03 bits per heavy atom. The number of fused-ring (bicyclic) bond motifs is 1. The fourth-order valence-corrected chi connectivity index (χ4v) is 4.40. The van der Waals surface area contributed by atoms with Gasteiger partial charge in [0.25, 0.3) is 5.56 Å². The van der Waals surface area contributed by atoms with Crippen LogP contribution in [0.25, 0.3) is 10.8 Å². The molecule has 0 aliphatic carbocycles. The summed E-state index contributed by atoms with van der Waals surface area (Å²) in [6.45, 7) is 11.6. The summed E-state index contributed by atoms with van der Waals surface area (Å²) in [6.07, 6.45) is 3.55. The number of anilines is 1. The molecule has 3 heterocycles. The van der Waals surface area contributed by atoms with E-state index in [0.29, 0.717) is 12.6 Å². The van der Waals surface area contributed by atoms with Crippen molar-refractivity contribution in [3.05, 3.63) is 58.1 Å². The molecular weight excluding hydrogens is 400 g/mol. The van der Waals surface area contributed by atoms with Gasteiger partial charge in [0.1, 0.15) is 0 Å². The number of aromatic nitrogens is 4. The molecule has 0 amide bonds. The average molecular weight is 435 g/mol. The minimum absolute atomic E-state index is 0.0360. The van der Waals surface area contributed by atoms with Crippen LogP contribution < -0.4 is 10.9 Å². The number of piperidine rings is 1. The normalized spacial score (nSPS) is 17.6. The lowest BCUT2D eigenvalue weighted by atomic mass is 9.92. The van der Waals surface area contributed by atoms with Crippen LogP contribution in [0.2, 0.25) is 0 Å². The predicted molar refractivity (Wildman–Crippen MR) is 129 cm³/mol. The van der Waals surface area contributed by atoms with Crippen molar-refractivity contribution in [2.45, 2.75) is 65.0 Å². The lowest BCUT2D eigenvalue weighted by Crippen LogP contribution is -2.46. The molecule has 0 spiro atoms. The first-order chi connectivity index (χ1) is 15.3. The summed E-state index contributed by atoms with van der Waals surface area (Å²) < 4.78 is 1.62. The van der Waals surface area contributed by atoms with E-state index in [1.165, 1.54) is 12.8 Å². The molecule has 1 aliphatic heterocycles. The molecule has 1 aromatic carbocycles. The second-order valence-corrected chi connectivity index (χ2v) is 9.78. The quantitative estimate of drug-likeness (QED) is 0.637. The summed E-state index contributed by atoms with van der Waals surface area (Å²) in [4.78, 5) is 14.9. The van der Waals surface area contributed by atoms with E-state index in [0.717, 1.165) is 54.0 Å². The Labute approximate surface area is 189 Å². The highest BCUT2D eigenvalue weighted by Crippen LogP contribution is 2.24. The number of rotatable bonds is 6. The summed E-state index contributed by atoms with van der Waals surface area (Å²) in [6, 6.07) is 12.1. The molecule has 1 saturated heterocycles. The summed E-state index contributed by atoms with van der Waals surface area (Å²) >= 11 is 0. The molecule has 4 rings (SSSR count). The van der Waals surface area contributed by atoms with Crippen LogP contribution >= 0.6 is 0 Å². The van der Waals surface area contributed by atoms with Crippen LogP contribution in [0.4, 0.5) is 5.82 Å². The monoisotopic (exact) mass is 434 g/mol. The standard InChI is InChI=1S/C25H34N6O/c1-18-20-10-5-6-11-21(20)24(28-27-18)26-17-19-9-7-8-14-30(19)15-16-31-23(32)13-12-22(29-31)25(2,3)4/h5-6,10-13,19H,7-9,14-17H2,1-4H3,(H,26,28). The SMILES string of the molecule is Cc1nnc(NCC2CCCCN2CCn2nc(C(C)(C)C)ccc2=O)c2ccccc12. The minimum Gasteiger partial charge on any atom is -0.366 e. The van der Waals surface area contributed by atoms with Gasteiger partial charge in [0.15, 0.2) is 5.82 Å². The molecule has 32 heavy (non-hydrogen) atoms. The van der Waals surface area contributed by atoms with Crippen molar-refractivity contribution >= 4 is 16.6 Å². The van der Waals surface area contributed by atoms with Gasteiger partial charge in [-0.2, -0.15) is 10.2 Å². The van der Waals surface area contributed by atoms with Crippen LogP contribution in [0.1, 0.15) is 51.4 Å². The fraction of sp³-hybridized carbons (Fsp3) is 0.520. The lowest BCUT2D eigenvalue weighted by Gasteiger charge is -2.36. The van der Waals surface area contributed by atoms with Gasteiger partial charge in [0.2, 0.25) is 0 Å². The molecule has 170 valence electrons. The van der Waals surface area contributed by atoms with Crippen molar-refractivity contribution in [2.24, 2.45) is 0 Å². The molecule has 3 aromatic rings. The highest BCUT2D eigenvalue weighted by atomic mass is 16.1. The van der Waals surface area contributed by atoms with Crippen LogP contribution in [0, 0.1) is 6.92 Å². The zero-order chi connectivity index (χ0) is 22.7. The third-order valence-electron chi connectivity index (χ3n) is 6.36. The predicted octanol–water partition coefficient (Wildman–Crippen LogP) is 3.76. The van der Waals surface area contributed by atoms with Gasteiger partial charge in [-0.25, -0.2) is 4.68 Å². The molecule has 7 heteroatoms. The second-order valence-electron chi connectivity index (χ2n) is 9.78. The van der Waals surface area contributed by atoms with E-state index in [4.69, 9.17) is 0 Å². The van der Waals surface area contributed by atoms with Crippen LogP contribution in [0.5, 0.6) is 0 Å². The van der Waals surface area contributed by atoms with Crippen LogP contribution in [-0.2, 0) is 12.0 Å². The van der Waals surface area contributed by atoms with Crippen molar-refractivity contribution < 1.29 is 0 Å². The number of hydrogen-bond acceptors (Lipinski definition) is 6. The fourth-order valence-electron chi connectivity index (χ4n) is 4.40. The molecule has 7 nitrogen and oxygen atoms in total. The summed E-state index contributed by atoms with van der Waals surface area (Å²) in [7, 11) is 0. The van der Waals surface area contributed by atoms with Gasteiger partial charge in [-0.05, 0) is 32.4 Å². The Morgan fingerprint density at radius 2 is 1.81 bits per heavy atom. The number of nitrogens with one attached hydrogen (secondary N) is 1. The molecule has 0 bridgehead atoms. The first-order valence-electron chi connectivity index (χ1n) is 11.6. The van der Waals surface area contributed by atoms with Gasteiger partial charge < -0.3 is 5.32 Å². The van der Waals surface area contributed by atoms with E-state index in [1.807, 2.05) is 25.1 Å². The maximum Gasteiger partial charge on any atom is 0.266 e. The number of benzene rings is 1. The Morgan fingerprint density at radius 3 is 2.59 bits per heavy atom. The van der Waals surface area contributed by atoms with Gasteiger partial charge in [-0.3, -0.25) is 9.69 Å². The first kappa shape index (κ1) is 22.4. The Hall–Kier alpha value is -2.80. The van der Waals surface area contributed by atoms with Gasteiger partial charge in [0, 0.05) is 41.4 Å². The van der Waals surface area contributed by atoms with Gasteiger partial charge in [0.05, 0.1) is 17.9 Å². The summed E-state index contributed by atoms with van der Waals surface area (Å²) in [5.41, 5.74) is 1.77. The van der Waals surface area contributed by atoms with Crippen LogP contribution in [0.3, 0.4) is 0 Å². The number of nitrogens with zero attached hydrogens (tertiary/aromatic N) is 5. The van der Waals surface area contributed by atoms with Crippen molar-refractivity contribution in [1.82, 2.24) is 24.9 Å². The van der Waals surface area contributed by atoms with E-state index < -0.39 is 0 Å². The summed E-state index contributed by atoms with van der Waals surface area (Å²) in [5.74, 6) is 0.840. The van der Waals surface area contributed by atoms with E-state index in [1.54, 1.807) is 10.7 Å². The molecule has 2 aromatic heterocycles. The first-order valence-corrected chi connectivity index (χ1v) is 11.6.